The number of aromatic hydroxyl groups is 1. The van der Waals surface area contributed by atoms with E-state index >= 15 is 0 Å². The van der Waals surface area contributed by atoms with E-state index in [9.17, 15) is 9.90 Å². The molecule has 1 heterocycles. The zero-order chi connectivity index (χ0) is 17.1. The lowest BCUT2D eigenvalue weighted by Gasteiger charge is -2.16. The van der Waals surface area contributed by atoms with Crippen LogP contribution < -0.4 is 5.56 Å². The quantitative estimate of drug-likeness (QED) is 0.883. The number of hydrogen-bond acceptors (Lipinski definition) is 3. The molecule has 1 aromatic heterocycles. The predicted molar refractivity (Wildman–Crippen MR) is 90.4 cm³/mol. The van der Waals surface area contributed by atoms with E-state index < -0.39 is 0 Å². The highest BCUT2D eigenvalue weighted by Crippen LogP contribution is 2.34. The van der Waals surface area contributed by atoms with Crippen LogP contribution in [0.15, 0.2) is 16.9 Å². The van der Waals surface area contributed by atoms with Gasteiger partial charge in [-0.15, -0.1) is 0 Å². The van der Waals surface area contributed by atoms with Crippen LogP contribution in [0.25, 0.3) is 16.0 Å². The van der Waals surface area contributed by atoms with Crippen molar-refractivity contribution in [1.82, 2.24) is 9.78 Å². The lowest BCUT2D eigenvalue weighted by molar-refractivity contribution is 0.458. The largest absolute Gasteiger partial charge is 0.505 e. The van der Waals surface area contributed by atoms with Crippen LogP contribution >= 0.6 is 0 Å². The summed E-state index contributed by atoms with van der Waals surface area (Å²) >= 11 is 0. The van der Waals surface area contributed by atoms with E-state index in [4.69, 9.17) is 6.57 Å². The van der Waals surface area contributed by atoms with Crippen LogP contribution in [0.3, 0.4) is 0 Å². The van der Waals surface area contributed by atoms with E-state index in [1.807, 2.05) is 32.9 Å². The summed E-state index contributed by atoms with van der Waals surface area (Å²) in [6, 6.07) is 4.09. The second-order valence-corrected chi connectivity index (χ2v) is 5.58. The lowest BCUT2D eigenvalue weighted by atomic mass is 9.90. The molecule has 0 saturated carbocycles. The highest BCUT2D eigenvalue weighted by Gasteiger charge is 2.22. The molecule has 0 bridgehead atoms. The Balaban J connectivity index is 2.92. The van der Waals surface area contributed by atoms with Gasteiger partial charge in [-0.05, 0) is 36.5 Å². The van der Waals surface area contributed by atoms with Crippen LogP contribution in [0.4, 0.5) is 0 Å². The minimum Gasteiger partial charge on any atom is -0.505 e. The average Bonchev–Trinajstić information content (AvgIpc) is 2.53. The van der Waals surface area contributed by atoms with Gasteiger partial charge >= 0.3 is 0 Å². The van der Waals surface area contributed by atoms with Crippen LogP contribution in [-0.2, 0) is 26.4 Å². The number of rotatable bonds is 4. The Morgan fingerprint density at radius 3 is 2.26 bits per heavy atom. The molecule has 2 aromatic rings. The molecule has 23 heavy (non-hydrogen) atoms. The Hall–Kier alpha value is -2.61. The van der Waals surface area contributed by atoms with Crippen LogP contribution in [-0.4, -0.2) is 14.9 Å². The molecule has 0 spiro atoms. The van der Waals surface area contributed by atoms with E-state index in [1.54, 1.807) is 7.05 Å². The second kappa shape index (κ2) is 6.66. The summed E-state index contributed by atoms with van der Waals surface area (Å²) in [7, 11) is 1.55. The Morgan fingerprint density at radius 2 is 1.78 bits per heavy atom. The molecule has 0 radical (unpaired) electrons. The van der Waals surface area contributed by atoms with Gasteiger partial charge in [-0.3, -0.25) is 4.79 Å². The van der Waals surface area contributed by atoms with Gasteiger partial charge in [-0.1, -0.05) is 31.5 Å². The summed E-state index contributed by atoms with van der Waals surface area (Å²) in [6.07, 6.45) is 1.51. The third kappa shape index (κ3) is 2.98. The third-order valence-corrected chi connectivity index (χ3v) is 3.98. The zero-order valence-corrected chi connectivity index (χ0v) is 14.0. The number of nitrogens with zero attached hydrogens (tertiary/aromatic N) is 3. The number of aromatic nitrogens is 2. The summed E-state index contributed by atoms with van der Waals surface area (Å²) in [4.78, 5) is 15.9. The third-order valence-electron chi connectivity index (χ3n) is 3.98. The highest BCUT2D eigenvalue weighted by molar-refractivity contribution is 5.76. The summed E-state index contributed by atoms with van der Waals surface area (Å²) in [5.41, 5.74) is 4.12. The fourth-order valence-electron chi connectivity index (χ4n) is 2.91. The van der Waals surface area contributed by atoms with Crippen molar-refractivity contribution >= 4 is 0 Å². The summed E-state index contributed by atoms with van der Waals surface area (Å²) in [5.74, 6) is -0.169. The minimum absolute atomic E-state index is 0.0538. The van der Waals surface area contributed by atoms with Gasteiger partial charge < -0.3 is 9.95 Å². The topological polar surface area (TPSA) is 59.5 Å². The molecule has 0 atom stereocenters. The first kappa shape index (κ1) is 16.8. The number of hydrogen-bond donors (Lipinski definition) is 1. The summed E-state index contributed by atoms with van der Waals surface area (Å²) in [5, 5.41) is 14.6. The molecule has 1 N–H and O–H groups in total. The fraction of sp³-hybridized carbons (Fsp3) is 0.389. The monoisotopic (exact) mass is 311 g/mol. The van der Waals surface area contributed by atoms with E-state index in [1.165, 1.54) is 4.68 Å². The van der Waals surface area contributed by atoms with Crippen molar-refractivity contribution in [1.29, 1.82) is 0 Å². The van der Waals surface area contributed by atoms with Crippen molar-refractivity contribution in [2.75, 3.05) is 0 Å². The van der Waals surface area contributed by atoms with Gasteiger partial charge in [0.1, 0.15) is 0 Å². The smallest absolute Gasteiger partial charge is 0.278 e. The fourth-order valence-corrected chi connectivity index (χ4v) is 2.91. The van der Waals surface area contributed by atoms with Gasteiger partial charge in [0, 0.05) is 7.05 Å². The van der Waals surface area contributed by atoms with Crippen molar-refractivity contribution < 1.29 is 5.11 Å². The molecule has 0 aliphatic rings. The zero-order valence-electron chi connectivity index (χ0n) is 14.0. The Morgan fingerprint density at radius 1 is 1.22 bits per heavy atom. The molecule has 0 fully saturated rings. The van der Waals surface area contributed by atoms with Gasteiger partial charge in [0.05, 0.1) is 5.56 Å². The van der Waals surface area contributed by atoms with E-state index in [-0.39, 0.29) is 29.1 Å². The average molecular weight is 311 g/mol. The molecule has 0 aliphatic carbocycles. The number of benzene rings is 1. The SMILES string of the molecule is [C-]#[N+]Cc1nn(C)c(=O)c(-c2c(CC)cc(C)cc2CC)c1O. The molecule has 0 amide bonds. The van der Waals surface area contributed by atoms with Gasteiger partial charge in [0.2, 0.25) is 0 Å². The number of aryl methyl sites for hydroxylation is 4. The Kier molecular flexibility index (Phi) is 4.85. The maximum atomic E-state index is 12.6. The Bertz CT molecular complexity index is 820. The Labute approximate surface area is 136 Å². The maximum absolute atomic E-state index is 12.6. The van der Waals surface area contributed by atoms with Crippen molar-refractivity contribution in [2.24, 2.45) is 7.05 Å². The first-order chi connectivity index (χ1) is 10.9. The van der Waals surface area contributed by atoms with Crippen LogP contribution in [0.1, 0.15) is 36.2 Å². The molecule has 2 rings (SSSR count). The van der Waals surface area contributed by atoms with E-state index in [0.29, 0.717) is 0 Å². The van der Waals surface area contributed by atoms with Gasteiger partial charge in [-0.2, -0.15) is 5.10 Å². The predicted octanol–water partition coefficient (Wildman–Crippen LogP) is 3.01. The molecule has 1 aromatic carbocycles. The highest BCUT2D eigenvalue weighted by atomic mass is 16.3. The second-order valence-electron chi connectivity index (χ2n) is 5.58. The van der Waals surface area contributed by atoms with Crippen molar-refractivity contribution in [3.8, 4) is 16.9 Å². The van der Waals surface area contributed by atoms with Gasteiger partial charge in [-0.25, -0.2) is 11.3 Å². The lowest BCUT2D eigenvalue weighted by Crippen LogP contribution is -2.23. The van der Waals surface area contributed by atoms with E-state index in [0.717, 1.165) is 35.1 Å². The molecule has 0 saturated heterocycles. The van der Waals surface area contributed by atoms with Crippen molar-refractivity contribution in [2.45, 2.75) is 40.2 Å². The van der Waals surface area contributed by atoms with Crippen LogP contribution in [0.2, 0.25) is 0 Å². The van der Waals surface area contributed by atoms with E-state index in [2.05, 4.69) is 9.94 Å². The van der Waals surface area contributed by atoms with Crippen LogP contribution in [0, 0.1) is 13.5 Å². The maximum Gasteiger partial charge on any atom is 0.278 e. The molecule has 5 nitrogen and oxygen atoms in total. The van der Waals surface area contributed by atoms with Crippen molar-refractivity contribution in [3.63, 3.8) is 0 Å². The molecule has 120 valence electrons. The normalized spacial score (nSPS) is 10.6. The molecule has 0 unspecified atom stereocenters. The van der Waals surface area contributed by atoms with Crippen LogP contribution in [0.5, 0.6) is 5.75 Å². The standard InChI is InChI=1S/C18H21N3O2/c1-6-12-8-11(3)9-13(7-2)15(12)16-17(22)14(10-19-4)20-21(5)18(16)23/h8-9,22H,6-7,10H2,1-3,5H3. The van der Waals surface area contributed by atoms with Gasteiger partial charge in [0.15, 0.2) is 11.4 Å². The summed E-state index contributed by atoms with van der Waals surface area (Å²) in [6.45, 7) is 13.0. The van der Waals surface area contributed by atoms with Crippen molar-refractivity contribution in [3.05, 3.63) is 56.3 Å². The van der Waals surface area contributed by atoms with Gasteiger partial charge in [0.25, 0.3) is 12.1 Å². The molecule has 5 heteroatoms. The molecular weight excluding hydrogens is 290 g/mol. The molecule has 0 aliphatic heterocycles. The molecular formula is C18H21N3O2. The summed E-state index contributed by atoms with van der Waals surface area (Å²) < 4.78 is 1.20. The first-order valence-corrected chi connectivity index (χ1v) is 7.69. The first-order valence-electron chi connectivity index (χ1n) is 7.69. The minimum atomic E-state index is -0.343.